The van der Waals surface area contributed by atoms with Crippen LogP contribution in [0.4, 0.5) is 11.4 Å². The smallest absolute Gasteiger partial charge is 0.338 e. The number of hydrogen-bond donors (Lipinski definition) is 0. The zero-order valence-corrected chi connectivity index (χ0v) is 26.7. The van der Waals surface area contributed by atoms with Gasteiger partial charge in [0.15, 0.2) is 4.80 Å². The van der Waals surface area contributed by atoms with Gasteiger partial charge in [-0.25, -0.2) is 9.79 Å². The molecule has 5 rings (SSSR count). The summed E-state index contributed by atoms with van der Waals surface area (Å²) in [5, 5.41) is 12.1. The van der Waals surface area contributed by atoms with Gasteiger partial charge in [0.1, 0.15) is 11.8 Å². The first-order valence-corrected chi connectivity index (χ1v) is 15.9. The number of nitro groups is 1. The van der Waals surface area contributed by atoms with Crippen LogP contribution in [0.2, 0.25) is 5.02 Å². The summed E-state index contributed by atoms with van der Waals surface area (Å²) in [5.74, 6) is 0.487. The molecule has 2 aliphatic heterocycles. The lowest BCUT2D eigenvalue weighted by Gasteiger charge is -2.33. The van der Waals surface area contributed by atoms with Crippen molar-refractivity contribution in [1.29, 1.82) is 0 Å². The summed E-state index contributed by atoms with van der Waals surface area (Å²) in [7, 11) is 1.52. The molecule has 0 unspecified atom stereocenters. The van der Waals surface area contributed by atoms with Crippen molar-refractivity contribution in [2.45, 2.75) is 52.5 Å². The van der Waals surface area contributed by atoms with E-state index in [-0.39, 0.29) is 23.4 Å². The molecule has 0 amide bonds. The predicted octanol–water partition coefficient (Wildman–Crippen LogP) is 5.39. The largest absolute Gasteiger partial charge is 0.496 e. The second-order valence-corrected chi connectivity index (χ2v) is 12.4. The molecule has 0 aliphatic carbocycles. The Morgan fingerprint density at radius 3 is 2.61 bits per heavy atom. The first-order chi connectivity index (χ1) is 21.2. The molecule has 1 fully saturated rings. The third kappa shape index (κ3) is 6.16. The van der Waals surface area contributed by atoms with Crippen LogP contribution < -0.4 is 24.5 Å². The standard InChI is InChI=1S/C32H35ClN4O6S/c1-5-7-24-28(31(39)43-6-2)29(23-18-21(33)8-11-26(23)42-4)36-30(38)27(44-32(36)34-24)17-20-16-22(37(40)41)9-10-25(20)35-14-12-19(3)13-15-35/h8-11,16-19,29H,5-7,12-15H2,1-4H3/b27-17-/t29-/m0/s1. The van der Waals surface area contributed by atoms with Crippen LogP contribution in [-0.4, -0.2) is 42.3 Å². The van der Waals surface area contributed by atoms with Crippen molar-refractivity contribution >= 4 is 46.4 Å². The van der Waals surface area contributed by atoms with Crippen molar-refractivity contribution in [2.75, 3.05) is 31.7 Å². The Morgan fingerprint density at radius 1 is 1.20 bits per heavy atom. The fraction of sp³-hybridized carbons (Fsp3) is 0.406. The van der Waals surface area contributed by atoms with Gasteiger partial charge in [0, 0.05) is 47.1 Å². The molecule has 0 saturated carbocycles. The van der Waals surface area contributed by atoms with E-state index < -0.39 is 16.9 Å². The maximum Gasteiger partial charge on any atom is 0.338 e. The molecule has 1 saturated heterocycles. The van der Waals surface area contributed by atoms with Crippen LogP contribution in [0.1, 0.15) is 63.6 Å². The number of methoxy groups -OCH3 is 1. The fourth-order valence-corrected chi connectivity index (χ4v) is 6.98. The molecule has 1 atom stereocenters. The average Bonchev–Trinajstić information content (AvgIpc) is 3.31. The monoisotopic (exact) mass is 638 g/mol. The number of non-ortho nitro benzene ring substituents is 1. The van der Waals surface area contributed by atoms with Gasteiger partial charge in [0.2, 0.25) is 0 Å². The number of carbonyl (C=O) groups is 1. The number of halogens is 1. The summed E-state index contributed by atoms with van der Waals surface area (Å²) in [4.78, 5) is 46.5. The zero-order chi connectivity index (χ0) is 31.5. The molecule has 44 heavy (non-hydrogen) atoms. The Hall–Kier alpha value is -3.96. The number of nitrogens with zero attached hydrogens (tertiary/aromatic N) is 4. The van der Waals surface area contributed by atoms with Gasteiger partial charge in [-0.3, -0.25) is 19.5 Å². The van der Waals surface area contributed by atoms with Gasteiger partial charge in [-0.1, -0.05) is 43.2 Å². The lowest BCUT2D eigenvalue weighted by atomic mass is 9.93. The van der Waals surface area contributed by atoms with E-state index in [1.807, 2.05) is 6.92 Å². The van der Waals surface area contributed by atoms with Gasteiger partial charge in [0.05, 0.1) is 34.4 Å². The van der Waals surface area contributed by atoms with Crippen LogP contribution in [0.25, 0.3) is 6.08 Å². The number of piperidine rings is 1. The van der Waals surface area contributed by atoms with E-state index in [0.717, 1.165) is 31.6 Å². The number of aromatic nitrogens is 1. The van der Waals surface area contributed by atoms with Crippen molar-refractivity contribution in [3.05, 3.63) is 93.6 Å². The van der Waals surface area contributed by atoms with Crippen molar-refractivity contribution in [3.63, 3.8) is 0 Å². The summed E-state index contributed by atoms with van der Waals surface area (Å²) in [6, 6.07) is 8.93. The molecular weight excluding hydrogens is 604 g/mol. The highest BCUT2D eigenvalue weighted by atomic mass is 35.5. The minimum Gasteiger partial charge on any atom is -0.496 e. The molecule has 0 radical (unpaired) electrons. The van der Waals surface area contributed by atoms with Gasteiger partial charge in [-0.2, -0.15) is 0 Å². The number of nitro benzene ring substituents is 1. The summed E-state index contributed by atoms with van der Waals surface area (Å²) in [5.41, 5.74) is 2.28. The molecule has 0 spiro atoms. The predicted molar refractivity (Wildman–Crippen MR) is 171 cm³/mol. The minimum atomic E-state index is -0.907. The molecular formula is C32H35ClN4O6S. The second-order valence-electron chi connectivity index (χ2n) is 11.0. The molecule has 10 nitrogen and oxygen atoms in total. The van der Waals surface area contributed by atoms with Gasteiger partial charge in [-0.05, 0) is 62.4 Å². The van der Waals surface area contributed by atoms with Crippen molar-refractivity contribution in [2.24, 2.45) is 10.9 Å². The highest BCUT2D eigenvalue weighted by molar-refractivity contribution is 7.07. The van der Waals surface area contributed by atoms with Crippen LogP contribution in [0, 0.1) is 16.0 Å². The van der Waals surface area contributed by atoms with Crippen molar-refractivity contribution < 1.29 is 19.2 Å². The lowest BCUT2D eigenvalue weighted by Crippen LogP contribution is -2.40. The molecule has 3 heterocycles. The number of esters is 1. The number of carbonyl (C=O) groups excluding carboxylic acids is 1. The third-order valence-corrected chi connectivity index (χ3v) is 9.23. The Labute approximate surface area is 264 Å². The quantitative estimate of drug-likeness (QED) is 0.175. The summed E-state index contributed by atoms with van der Waals surface area (Å²) < 4.78 is 13.0. The van der Waals surface area contributed by atoms with Gasteiger partial charge >= 0.3 is 5.97 Å². The van der Waals surface area contributed by atoms with Crippen molar-refractivity contribution in [1.82, 2.24) is 4.57 Å². The summed E-state index contributed by atoms with van der Waals surface area (Å²) >= 11 is 7.62. The van der Waals surface area contributed by atoms with Gasteiger partial charge in [0.25, 0.3) is 11.2 Å². The minimum absolute atomic E-state index is 0.0606. The molecule has 2 aliphatic rings. The number of thiazole rings is 1. The number of hydrogen-bond acceptors (Lipinski definition) is 9. The molecule has 1 aromatic heterocycles. The number of anilines is 1. The third-order valence-electron chi connectivity index (χ3n) is 8.01. The molecule has 3 aromatic rings. The van der Waals surface area contributed by atoms with Gasteiger partial charge in [-0.15, -0.1) is 0 Å². The van der Waals surface area contributed by atoms with Crippen LogP contribution in [0.3, 0.4) is 0 Å². The number of benzene rings is 2. The second kappa shape index (κ2) is 13.4. The molecule has 2 aromatic carbocycles. The first-order valence-electron chi connectivity index (χ1n) is 14.8. The lowest BCUT2D eigenvalue weighted by molar-refractivity contribution is -0.384. The van der Waals surface area contributed by atoms with E-state index in [2.05, 4.69) is 11.8 Å². The van der Waals surface area contributed by atoms with Crippen LogP contribution in [-0.2, 0) is 9.53 Å². The van der Waals surface area contributed by atoms with Crippen LogP contribution in [0.5, 0.6) is 5.75 Å². The molecule has 12 heteroatoms. The van der Waals surface area contributed by atoms with Crippen molar-refractivity contribution in [3.8, 4) is 5.75 Å². The SMILES string of the molecule is CCCC1=C(C(=O)OCC)[C@H](c2cc(Cl)ccc2OC)n2c(s/c(=C\c3cc([N+](=O)[O-])ccc3N3CCC(C)CC3)c2=O)=N1. The van der Waals surface area contributed by atoms with E-state index in [0.29, 0.717) is 55.7 Å². The topological polar surface area (TPSA) is 116 Å². The van der Waals surface area contributed by atoms with Crippen LogP contribution >= 0.6 is 22.9 Å². The first kappa shape index (κ1) is 31.5. The highest BCUT2D eigenvalue weighted by Crippen LogP contribution is 2.38. The Balaban J connectivity index is 1.77. The number of rotatable bonds is 9. The Bertz CT molecular complexity index is 1810. The van der Waals surface area contributed by atoms with E-state index in [1.165, 1.54) is 35.1 Å². The zero-order valence-electron chi connectivity index (χ0n) is 25.2. The van der Waals surface area contributed by atoms with E-state index in [1.54, 1.807) is 37.3 Å². The Kier molecular flexibility index (Phi) is 9.55. The number of fused-ring (bicyclic) bond motifs is 1. The van der Waals surface area contributed by atoms with E-state index in [9.17, 15) is 19.7 Å². The molecule has 0 N–H and O–H groups in total. The van der Waals surface area contributed by atoms with E-state index >= 15 is 0 Å². The Morgan fingerprint density at radius 2 is 1.95 bits per heavy atom. The maximum atomic E-state index is 14.3. The average molecular weight is 639 g/mol. The van der Waals surface area contributed by atoms with Crippen LogP contribution in [0.15, 0.2) is 57.5 Å². The molecule has 232 valence electrons. The fourth-order valence-electron chi connectivity index (χ4n) is 5.78. The van der Waals surface area contributed by atoms with E-state index in [4.69, 9.17) is 26.1 Å². The number of allylic oxidation sites excluding steroid dienone is 1. The molecule has 0 bridgehead atoms. The summed E-state index contributed by atoms with van der Waals surface area (Å²) in [6.45, 7) is 7.72. The number of ether oxygens (including phenoxy) is 2. The normalized spacial score (nSPS) is 17.3. The maximum absolute atomic E-state index is 14.3. The highest BCUT2D eigenvalue weighted by Gasteiger charge is 2.36. The van der Waals surface area contributed by atoms with Gasteiger partial charge < -0.3 is 14.4 Å². The summed E-state index contributed by atoms with van der Waals surface area (Å²) in [6.07, 6.45) is 4.92.